The summed E-state index contributed by atoms with van der Waals surface area (Å²) in [6, 6.07) is 0. The fraction of sp³-hybridized carbons (Fsp3) is 0. The molecule has 0 amide bonds. The second-order valence-electron chi connectivity index (χ2n) is 0.185. The standard InChI is InChI=1S/CO2Si.Y/c2-1-3-4;/q-1;. The molecule has 0 aliphatic heterocycles. The average molecular weight is 161 g/mol. The van der Waals surface area contributed by atoms with Gasteiger partial charge in [0.05, 0.1) is 0 Å². The van der Waals surface area contributed by atoms with Crippen LogP contribution in [0.25, 0.3) is 0 Å². The predicted molar refractivity (Wildman–Crippen MR) is 12.5 cm³/mol. The molecule has 5 heavy (non-hydrogen) atoms. The first kappa shape index (κ1) is 9.25. The molecule has 0 saturated heterocycles. The molecule has 0 aliphatic carbocycles. The van der Waals surface area contributed by atoms with Crippen LogP contribution in [0.1, 0.15) is 0 Å². The van der Waals surface area contributed by atoms with Crippen molar-refractivity contribution in [3.63, 3.8) is 0 Å². The van der Waals surface area contributed by atoms with Crippen LogP contribution in [-0.4, -0.2) is 17.0 Å². The molecular weight excluding hydrogens is 161 g/mol. The van der Waals surface area contributed by atoms with Gasteiger partial charge in [-0.25, -0.2) is 0 Å². The van der Waals surface area contributed by atoms with Gasteiger partial charge in [0.15, 0.2) is 0 Å². The molecule has 0 unspecified atom stereocenters. The van der Waals surface area contributed by atoms with Crippen LogP contribution in [0.4, 0.5) is 0 Å². The van der Waals surface area contributed by atoms with Crippen LogP contribution in [-0.2, 0) is 41.9 Å². The third kappa shape index (κ3) is 11.6. The van der Waals surface area contributed by atoms with E-state index in [-0.39, 0.29) is 32.7 Å². The molecule has 0 fully saturated rings. The molecule has 24 valence electrons. The minimum atomic E-state index is 0. The predicted octanol–water partition coefficient (Wildman–Crippen LogP) is -0.849. The van der Waals surface area contributed by atoms with E-state index >= 15 is 0 Å². The maximum Gasteiger partial charge on any atom is 0.300 e. The summed E-state index contributed by atoms with van der Waals surface area (Å²) in [5.74, 6) is 0. The van der Waals surface area contributed by atoms with Crippen LogP contribution in [0.3, 0.4) is 0 Å². The molecular formula is CO2SiY-. The molecule has 0 aliphatic rings. The van der Waals surface area contributed by atoms with Crippen LogP contribution in [0.2, 0.25) is 0 Å². The van der Waals surface area contributed by atoms with E-state index in [9.17, 15) is 0 Å². The van der Waals surface area contributed by atoms with Gasteiger partial charge in [0.2, 0.25) is 0 Å². The molecule has 0 N–H and O–H groups in total. The van der Waals surface area contributed by atoms with Gasteiger partial charge in [-0.3, -0.25) is 0 Å². The van der Waals surface area contributed by atoms with Gasteiger partial charge in [0, 0.05) is 32.7 Å². The Morgan fingerprint density at radius 3 is 2.00 bits per heavy atom. The maximum atomic E-state index is 8.78. The Hall–Kier alpha value is 0.791. The summed E-state index contributed by atoms with van der Waals surface area (Å²) >= 11 is 0. The SMILES string of the molecule is O=[C-]O[Si].[Y]. The van der Waals surface area contributed by atoms with E-state index in [2.05, 4.69) is 14.9 Å². The summed E-state index contributed by atoms with van der Waals surface area (Å²) in [6.07, 6.45) is 0. The maximum absolute atomic E-state index is 8.78. The van der Waals surface area contributed by atoms with Crippen molar-refractivity contribution in [2.75, 3.05) is 0 Å². The number of hydrogen-bond donors (Lipinski definition) is 0. The second-order valence-corrected chi connectivity index (χ2v) is 0.390. The average Bonchev–Trinajstić information content (AvgIpc) is 1.37. The Bertz CT molecular complexity index is 23.6. The first-order valence-corrected chi connectivity index (χ1v) is 1.02. The normalized spacial score (nSPS) is 4.20. The van der Waals surface area contributed by atoms with Crippen molar-refractivity contribution in [3.8, 4) is 0 Å². The van der Waals surface area contributed by atoms with Gasteiger partial charge in [-0.1, -0.05) is 6.47 Å². The van der Waals surface area contributed by atoms with E-state index < -0.39 is 0 Å². The molecule has 0 spiro atoms. The molecule has 0 aromatic heterocycles. The third-order valence-corrected chi connectivity index (χ3v) is 0.125. The molecule has 0 aromatic rings. The minimum Gasteiger partial charge on any atom is -0.706 e. The van der Waals surface area contributed by atoms with Gasteiger partial charge < -0.3 is 9.22 Å². The van der Waals surface area contributed by atoms with Gasteiger partial charge in [0.1, 0.15) is 0 Å². The molecule has 0 atom stereocenters. The van der Waals surface area contributed by atoms with Crippen LogP contribution >= 0.6 is 0 Å². The Balaban J connectivity index is 0. The smallest absolute Gasteiger partial charge is 0.300 e. The largest absolute Gasteiger partial charge is 0.706 e. The first-order chi connectivity index (χ1) is 1.91. The number of carbonyl (C=O) groups excluding carboxylic acids is 1. The van der Waals surface area contributed by atoms with Crippen LogP contribution < -0.4 is 0 Å². The molecule has 0 rings (SSSR count). The van der Waals surface area contributed by atoms with E-state index in [4.69, 9.17) is 4.79 Å². The Labute approximate surface area is 58.7 Å². The van der Waals surface area contributed by atoms with Gasteiger partial charge in [-0.2, -0.15) is 0 Å². The topological polar surface area (TPSA) is 26.3 Å². The van der Waals surface area contributed by atoms with E-state index in [0.717, 1.165) is 6.47 Å². The molecule has 4 radical (unpaired) electrons. The zero-order valence-corrected chi connectivity index (χ0v) is 6.23. The van der Waals surface area contributed by atoms with Crippen molar-refractivity contribution < 1.29 is 41.9 Å². The summed E-state index contributed by atoms with van der Waals surface area (Å²) in [5, 5.41) is 0. The summed E-state index contributed by atoms with van der Waals surface area (Å²) < 4.78 is 3.54. The molecule has 0 aromatic carbocycles. The fourth-order valence-corrected chi connectivity index (χ4v) is 0. The first-order valence-electron chi connectivity index (χ1n) is 0.612. The Morgan fingerprint density at radius 1 is 1.80 bits per heavy atom. The van der Waals surface area contributed by atoms with Gasteiger partial charge >= 0.3 is 10.5 Å². The summed E-state index contributed by atoms with van der Waals surface area (Å²) in [7, 11) is 2.36. The van der Waals surface area contributed by atoms with Crippen molar-refractivity contribution >= 4 is 17.0 Å². The molecule has 4 heteroatoms. The van der Waals surface area contributed by atoms with Crippen molar-refractivity contribution in [2.24, 2.45) is 0 Å². The number of hydrogen-bond acceptors (Lipinski definition) is 2. The fourth-order valence-electron chi connectivity index (χ4n) is 0. The van der Waals surface area contributed by atoms with Crippen LogP contribution in [0.5, 0.6) is 0 Å². The zero-order chi connectivity index (χ0) is 3.41. The minimum absolute atomic E-state index is 0. The zero-order valence-electron chi connectivity index (χ0n) is 2.39. The quantitative estimate of drug-likeness (QED) is 0.370. The van der Waals surface area contributed by atoms with E-state index in [1.807, 2.05) is 0 Å². The third-order valence-electron chi connectivity index (χ3n) is 0.0417. The van der Waals surface area contributed by atoms with Crippen molar-refractivity contribution in [1.29, 1.82) is 0 Å². The van der Waals surface area contributed by atoms with Crippen molar-refractivity contribution in [2.45, 2.75) is 0 Å². The van der Waals surface area contributed by atoms with Gasteiger partial charge in [-0.15, -0.1) is 0 Å². The second kappa shape index (κ2) is 8.84. The summed E-state index contributed by atoms with van der Waals surface area (Å²) in [6.45, 7) is 1.09. The molecule has 0 heterocycles. The molecule has 2 nitrogen and oxygen atoms in total. The van der Waals surface area contributed by atoms with Crippen molar-refractivity contribution in [1.82, 2.24) is 0 Å². The number of rotatable bonds is 1. The van der Waals surface area contributed by atoms with E-state index in [1.54, 1.807) is 0 Å². The summed E-state index contributed by atoms with van der Waals surface area (Å²) in [5.41, 5.74) is 0. The monoisotopic (exact) mass is 161 g/mol. The molecule has 0 saturated carbocycles. The van der Waals surface area contributed by atoms with Crippen LogP contribution in [0.15, 0.2) is 0 Å². The van der Waals surface area contributed by atoms with E-state index in [0.29, 0.717) is 0 Å². The van der Waals surface area contributed by atoms with Crippen molar-refractivity contribution in [3.05, 3.63) is 0 Å². The van der Waals surface area contributed by atoms with Gasteiger partial charge in [-0.05, 0) is 0 Å². The summed E-state index contributed by atoms with van der Waals surface area (Å²) in [4.78, 5) is 8.78. The van der Waals surface area contributed by atoms with Gasteiger partial charge in [0.25, 0.3) is 0 Å². The van der Waals surface area contributed by atoms with Crippen LogP contribution in [0, 0.1) is 0 Å². The molecule has 0 bridgehead atoms. The van der Waals surface area contributed by atoms with E-state index in [1.165, 1.54) is 0 Å². The Morgan fingerprint density at radius 2 is 2.00 bits per heavy atom. The Kier molecular flexibility index (Phi) is 16.4.